The van der Waals surface area contributed by atoms with E-state index in [0.29, 0.717) is 6.42 Å². The van der Waals surface area contributed by atoms with Gasteiger partial charge in [0.05, 0.1) is 12.1 Å². The van der Waals surface area contributed by atoms with Crippen molar-refractivity contribution in [3.8, 4) is 0 Å². The Bertz CT molecular complexity index is 321. The van der Waals surface area contributed by atoms with Crippen LogP contribution in [0.3, 0.4) is 0 Å². The highest BCUT2D eigenvalue weighted by atomic mass is 16.5. The summed E-state index contributed by atoms with van der Waals surface area (Å²) in [6, 6.07) is 0.243. The molecule has 0 aromatic carbocycles. The van der Waals surface area contributed by atoms with Gasteiger partial charge in [0.15, 0.2) is 5.82 Å². The first kappa shape index (κ1) is 11.5. The Morgan fingerprint density at radius 2 is 2.44 bits per heavy atom. The summed E-state index contributed by atoms with van der Waals surface area (Å²) in [5.41, 5.74) is 0. The molecule has 1 N–H and O–H groups in total. The summed E-state index contributed by atoms with van der Waals surface area (Å²) in [6.07, 6.45) is 4.38. The number of ether oxygens (including phenoxy) is 1. The Kier molecular flexibility index (Phi) is 3.90. The van der Waals surface area contributed by atoms with Crippen molar-refractivity contribution >= 4 is 0 Å². The van der Waals surface area contributed by atoms with Crippen LogP contribution in [-0.4, -0.2) is 29.9 Å². The highest BCUT2D eigenvalue weighted by molar-refractivity contribution is 4.95. The third-order valence-electron chi connectivity index (χ3n) is 2.96. The van der Waals surface area contributed by atoms with Crippen LogP contribution < -0.4 is 5.32 Å². The molecule has 0 bridgehead atoms. The molecule has 5 heteroatoms. The third-order valence-corrected chi connectivity index (χ3v) is 2.96. The number of rotatable bonds is 4. The summed E-state index contributed by atoms with van der Waals surface area (Å²) in [5, 5.41) is 7.36. The van der Waals surface area contributed by atoms with Crippen LogP contribution in [-0.2, 0) is 11.2 Å². The van der Waals surface area contributed by atoms with E-state index in [-0.39, 0.29) is 12.1 Å². The lowest BCUT2D eigenvalue weighted by Gasteiger charge is -2.19. The average Bonchev–Trinajstić information content (AvgIpc) is 2.78. The Morgan fingerprint density at radius 1 is 1.56 bits per heavy atom. The van der Waals surface area contributed by atoms with Crippen LogP contribution in [0.25, 0.3) is 0 Å². The topological polar surface area (TPSA) is 60.2 Å². The van der Waals surface area contributed by atoms with E-state index < -0.39 is 0 Å². The van der Waals surface area contributed by atoms with Gasteiger partial charge in [-0.1, -0.05) is 11.6 Å². The molecule has 5 nitrogen and oxygen atoms in total. The van der Waals surface area contributed by atoms with Crippen molar-refractivity contribution in [3.05, 3.63) is 11.7 Å². The van der Waals surface area contributed by atoms with E-state index >= 15 is 0 Å². The minimum Gasteiger partial charge on any atom is -0.381 e. The highest BCUT2D eigenvalue weighted by Gasteiger charge is 2.21. The molecule has 0 radical (unpaired) electrons. The zero-order valence-corrected chi connectivity index (χ0v) is 9.90. The van der Waals surface area contributed by atoms with Crippen molar-refractivity contribution < 1.29 is 9.26 Å². The van der Waals surface area contributed by atoms with Crippen molar-refractivity contribution in [1.82, 2.24) is 15.5 Å². The molecule has 1 aliphatic heterocycles. The first-order valence-corrected chi connectivity index (χ1v) is 5.88. The quantitative estimate of drug-likeness (QED) is 0.840. The summed E-state index contributed by atoms with van der Waals surface area (Å²) >= 11 is 0. The second-order valence-corrected chi connectivity index (χ2v) is 4.30. The van der Waals surface area contributed by atoms with Crippen molar-refractivity contribution in [2.24, 2.45) is 0 Å². The van der Waals surface area contributed by atoms with Crippen LogP contribution in [0.5, 0.6) is 0 Å². The summed E-state index contributed by atoms with van der Waals surface area (Å²) in [7, 11) is 1.69. The molecule has 2 heterocycles. The fourth-order valence-corrected chi connectivity index (χ4v) is 1.89. The van der Waals surface area contributed by atoms with E-state index in [9.17, 15) is 0 Å². The Balaban J connectivity index is 1.95. The Morgan fingerprint density at radius 3 is 3.12 bits per heavy atom. The SMILES string of the molecule is COC(C)Cc1noc(C2CCCCN2)n1. The number of methoxy groups -OCH3 is 1. The average molecular weight is 225 g/mol. The minimum absolute atomic E-state index is 0.129. The lowest BCUT2D eigenvalue weighted by Crippen LogP contribution is -2.27. The molecule has 1 aromatic rings. The van der Waals surface area contributed by atoms with Gasteiger partial charge in [0.2, 0.25) is 5.89 Å². The molecule has 0 aliphatic carbocycles. The normalized spacial score (nSPS) is 23.2. The van der Waals surface area contributed by atoms with Crippen molar-refractivity contribution in [2.45, 2.75) is 44.8 Å². The molecule has 90 valence electrons. The molecular formula is C11H19N3O2. The molecule has 1 aromatic heterocycles. The summed E-state index contributed by atoms with van der Waals surface area (Å²) in [6.45, 7) is 3.03. The van der Waals surface area contributed by atoms with Crippen molar-refractivity contribution in [1.29, 1.82) is 0 Å². The fourth-order valence-electron chi connectivity index (χ4n) is 1.89. The van der Waals surface area contributed by atoms with Gasteiger partial charge in [-0.3, -0.25) is 0 Å². The van der Waals surface area contributed by atoms with Gasteiger partial charge in [-0.2, -0.15) is 4.98 Å². The van der Waals surface area contributed by atoms with Gasteiger partial charge in [0.1, 0.15) is 0 Å². The molecule has 2 atom stereocenters. The number of nitrogens with one attached hydrogen (secondary N) is 1. The lowest BCUT2D eigenvalue weighted by molar-refractivity contribution is 0.116. The maximum Gasteiger partial charge on any atom is 0.243 e. The molecule has 1 aliphatic rings. The standard InChI is InChI=1S/C11H19N3O2/c1-8(15-2)7-10-13-11(16-14-10)9-5-3-4-6-12-9/h8-9,12H,3-7H2,1-2H3. The second kappa shape index (κ2) is 5.41. The van der Waals surface area contributed by atoms with E-state index in [1.54, 1.807) is 7.11 Å². The molecular weight excluding hydrogens is 206 g/mol. The molecule has 0 amide bonds. The lowest BCUT2D eigenvalue weighted by atomic mass is 10.1. The number of hydrogen-bond acceptors (Lipinski definition) is 5. The third kappa shape index (κ3) is 2.80. The number of nitrogens with zero attached hydrogens (tertiary/aromatic N) is 2. The van der Waals surface area contributed by atoms with E-state index in [2.05, 4.69) is 15.5 Å². The maximum atomic E-state index is 5.27. The molecule has 2 unspecified atom stereocenters. The molecule has 0 spiro atoms. The fraction of sp³-hybridized carbons (Fsp3) is 0.818. The van der Waals surface area contributed by atoms with Crippen LogP contribution >= 0.6 is 0 Å². The summed E-state index contributed by atoms with van der Waals surface area (Å²) in [4.78, 5) is 4.40. The molecule has 1 fully saturated rings. The van der Waals surface area contributed by atoms with Crippen molar-refractivity contribution in [3.63, 3.8) is 0 Å². The van der Waals surface area contributed by atoms with Crippen molar-refractivity contribution in [2.75, 3.05) is 13.7 Å². The highest BCUT2D eigenvalue weighted by Crippen LogP contribution is 2.21. The van der Waals surface area contributed by atoms with Gasteiger partial charge in [0, 0.05) is 13.5 Å². The van der Waals surface area contributed by atoms with Crippen LogP contribution in [0.1, 0.15) is 43.9 Å². The minimum atomic E-state index is 0.129. The van der Waals surface area contributed by atoms with Gasteiger partial charge >= 0.3 is 0 Å². The van der Waals surface area contributed by atoms with E-state index in [0.717, 1.165) is 24.7 Å². The zero-order valence-electron chi connectivity index (χ0n) is 9.90. The van der Waals surface area contributed by atoms with E-state index in [4.69, 9.17) is 9.26 Å². The molecule has 2 rings (SSSR count). The Hall–Kier alpha value is -0.940. The maximum absolute atomic E-state index is 5.27. The molecule has 16 heavy (non-hydrogen) atoms. The monoisotopic (exact) mass is 225 g/mol. The smallest absolute Gasteiger partial charge is 0.243 e. The zero-order chi connectivity index (χ0) is 11.4. The first-order chi connectivity index (χ1) is 7.79. The van der Waals surface area contributed by atoms with Gasteiger partial charge in [0.25, 0.3) is 0 Å². The van der Waals surface area contributed by atoms with Gasteiger partial charge in [-0.05, 0) is 26.3 Å². The summed E-state index contributed by atoms with van der Waals surface area (Å²) in [5.74, 6) is 1.45. The number of hydrogen-bond donors (Lipinski definition) is 1. The largest absolute Gasteiger partial charge is 0.381 e. The second-order valence-electron chi connectivity index (χ2n) is 4.30. The van der Waals surface area contributed by atoms with Crippen LogP contribution in [0.4, 0.5) is 0 Å². The van der Waals surface area contributed by atoms with Gasteiger partial charge < -0.3 is 14.6 Å². The number of piperidine rings is 1. The van der Waals surface area contributed by atoms with E-state index in [1.807, 2.05) is 6.92 Å². The Labute approximate surface area is 95.6 Å². The van der Waals surface area contributed by atoms with E-state index in [1.165, 1.54) is 12.8 Å². The summed E-state index contributed by atoms with van der Waals surface area (Å²) < 4.78 is 10.4. The van der Waals surface area contributed by atoms with Crippen LogP contribution in [0.15, 0.2) is 4.52 Å². The van der Waals surface area contributed by atoms with Crippen LogP contribution in [0.2, 0.25) is 0 Å². The van der Waals surface area contributed by atoms with Crippen LogP contribution in [0, 0.1) is 0 Å². The first-order valence-electron chi connectivity index (χ1n) is 5.88. The van der Waals surface area contributed by atoms with Gasteiger partial charge in [-0.15, -0.1) is 0 Å². The number of aromatic nitrogens is 2. The van der Waals surface area contributed by atoms with Gasteiger partial charge in [-0.25, -0.2) is 0 Å². The predicted octanol–water partition coefficient (Wildman–Crippen LogP) is 1.46. The molecule has 1 saturated heterocycles. The predicted molar refractivity (Wildman–Crippen MR) is 59.1 cm³/mol. The molecule has 0 saturated carbocycles.